The molecule has 8 heteroatoms. The Morgan fingerprint density at radius 2 is 0.731 bits per heavy atom. The van der Waals surface area contributed by atoms with Crippen molar-refractivity contribution in [2.45, 2.75) is 0 Å². The van der Waals surface area contributed by atoms with E-state index in [0.717, 1.165) is 94.8 Å². The molecule has 8 nitrogen and oxygen atoms in total. The van der Waals surface area contributed by atoms with Gasteiger partial charge in [0.1, 0.15) is 0 Å². The van der Waals surface area contributed by atoms with Crippen LogP contribution < -0.4 is 0 Å². The summed E-state index contributed by atoms with van der Waals surface area (Å²) in [5, 5.41) is 14.7. The van der Waals surface area contributed by atoms with E-state index in [1.807, 2.05) is 66.7 Å². The Hall–Kier alpha value is -9.27. The molecular formula is C59H38N8. The number of nitrogens with zero attached hydrogens (tertiary/aromatic N) is 8. The second-order valence-corrected chi connectivity index (χ2v) is 16.6. The molecule has 9 aromatic carbocycles. The van der Waals surface area contributed by atoms with Crippen LogP contribution in [0, 0.1) is 0 Å². The topological polar surface area (TPSA) is 79.2 Å². The Kier molecular flexibility index (Phi) is 8.99. The smallest absolute Gasteiger partial charge is 0.171 e. The van der Waals surface area contributed by atoms with Crippen molar-refractivity contribution in [3.05, 3.63) is 231 Å². The standard InChI is InChI=1S/C59H38N8/c1-5-19-39(20-6-1)55-60-56(40-21-7-2-8-22-40)62-57(61-55)41-23-17-28-45(37-41)66-52-34-16-13-29-46(52)48-31-18-32-49(54(48)66)59-64-63-58(67(59)44-26-11-4-12-27-44)42-35-36-53-50(38-42)47-30-14-15-33-51(47)65(53)43-24-9-3-10-25-43/h1-38H. The van der Waals surface area contributed by atoms with Crippen LogP contribution >= 0.6 is 0 Å². The molecule has 0 amide bonds. The SMILES string of the molecule is c1ccc(-c2nc(-c3ccccc3)nc(-c3cccc(-n4c5ccccc5c5cccc(-c6nnc(-c7ccc8c(c7)c7ccccc7n8-c7ccccc7)n6-c6ccccc6)c54)c3)n2)cc1. The third kappa shape index (κ3) is 6.42. The van der Waals surface area contributed by atoms with E-state index in [1.54, 1.807) is 0 Å². The molecule has 67 heavy (non-hydrogen) atoms. The Bertz CT molecular complexity index is 3910. The molecule has 0 aliphatic heterocycles. The molecule has 0 radical (unpaired) electrons. The molecule has 314 valence electrons. The summed E-state index contributed by atoms with van der Waals surface area (Å²) in [5.41, 5.74) is 12.0. The summed E-state index contributed by atoms with van der Waals surface area (Å²) in [7, 11) is 0. The van der Waals surface area contributed by atoms with E-state index < -0.39 is 0 Å². The van der Waals surface area contributed by atoms with E-state index in [4.69, 9.17) is 25.1 Å². The number of aromatic nitrogens is 8. The first-order chi connectivity index (χ1) is 33.2. The lowest BCUT2D eigenvalue weighted by atomic mass is 10.1. The number of hydrogen-bond acceptors (Lipinski definition) is 5. The lowest BCUT2D eigenvalue weighted by Crippen LogP contribution is -2.03. The first kappa shape index (κ1) is 38.2. The van der Waals surface area contributed by atoms with Gasteiger partial charge in [-0.25, -0.2) is 15.0 Å². The molecule has 0 aliphatic carbocycles. The van der Waals surface area contributed by atoms with Gasteiger partial charge in [-0.2, -0.15) is 0 Å². The zero-order chi connectivity index (χ0) is 44.3. The van der Waals surface area contributed by atoms with Crippen molar-refractivity contribution in [2.75, 3.05) is 0 Å². The molecule has 4 heterocycles. The van der Waals surface area contributed by atoms with Gasteiger partial charge in [0.05, 0.1) is 22.1 Å². The van der Waals surface area contributed by atoms with Crippen molar-refractivity contribution in [2.24, 2.45) is 0 Å². The highest BCUT2D eigenvalue weighted by Gasteiger charge is 2.24. The van der Waals surface area contributed by atoms with Crippen molar-refractivity contribution in [1.29, 1.82) is 0 Å². The van der Waals surface area contributed by atoms with Crippen LogP contribution in [0.4, 0.5) is 0 Å². The summed E-state index contributed by atoms with van der Waals surface area (Å²) in [6, 6.07) is 79.9. The minimum absolute atomic E-state index is 0.591. The maximum absolute atomic E-state index is 5.10. The van der Waals surface area contributed by atoms with Gasteiger partial charge in [-0.05, 0) is 72.8 Å². The number of para-hydroxylation sites is 5. The third-order valence-electron chi connectivity index (χ3n) is 12.6. The van der Waals surface area contributed by atoms with Crippen LogP contribution in [-0.4, -0.2) is 38.9 Å². The van der Waals surface area contributed by atoms with Gasteiger partial charge in [0.2, 0.25) is 0 Å². The van der Waals surface area contributed by atoms with Crippen LogP contribution in [0.25, 0.3) is 118 Å². The third-order valence-corrected chi connectivity index (χ3v) is 12.6. The van der Waals surface area contributed by atoms with E-state index in [9.17, 15) is 0 Å². The van der Waals surface area contributed by atoms with E-state index in [-0.39, 0.29) is 0 Å². The zero-order valence-electron chi connectivity index (χ0n) is 36.0. The minimum atomic E-state index is 0.591. The number of fused-ring (bicyclic) bond motifs is 6. The highest BCUT2D eigenvalue weighted by molar-refractivity contribution is 6.14. The Balaban J connectivity index is 1.02. The fourth-order valence-electron chi connectivity index (χ4n) is 9.62. The molecule has 0 N–H and O–H groups in total. The summed E-state index contributed by atoms with van der Waals surface area (Å²) >= 11 is 0. The first-order valence-corrected chi connectivity index (χ1v) is 22.4. The van der Waals surface area contributed by atoms with Crippen LogP contribution in [0.3, 0.4) is 0 Å². The van der Waals surface area contributed by atoms with E-state index in [1.165, 1.54) is 5.39 Å². The molecule has 13 rings (SSSR count). The van der Waals surface area contributed by atoms with Crippen LogP contribution in [0.15, 0.2) is 231 Å². The molecule has 0 spiro atoms. The Morgan fingerprint density at radius 1 is 0.269 bits per heavy atom. The number of benzene rings is 9. The maximum Gasteiger partial charge on any atom is 0.171 e. The summed E-state index contributed by atoms with van der Waals surface area (Å²) in [5.74, 6) is 3.31. The summed E-state index contributed by atoms with van der Waals surface area (Å²) in [6.07, 6.45) is 0. The van der Waals surface area contributed by atoms with Crippen molar-refractivity contribution in [3.8, 4) is 74.0 Å². The predicted octanol–water partition coefficient (Wildman–Crippen LogP) is 14.0. The fraction of sp³-hybridized carbons (Fsp3) is 0. The first-order valence-electron chi connectivity index (χ1n) is 22.4. The van der Waals surface area contributed by atoms with Crippen molar-refractivity contribution in [1.82, 2.24) is 38.9 Å². The van der Waals surface area contributed by atoms with Gasteiger partial charge in [-0.15, -0.1) is 10.2 Å². The average Bonchev–Trinajstić information content (AvgIpc) is 4.10. The summed E-state index contributed by atoms with van der Waals surface area (Å²) < 4.78 is 6.88. The van der Waals surface area contributed by atoms with Gasteiger partial charge in [0.15, 0.2) is 29.1 Å². The number of rotatable bonds is 8. The molecular weight excluding hydrogens is 821 g/mol. The molecule has 0 bridgehead atoms. The molecule has 0 aliphatic rings. The highest BCUT2D eigenvalue weighted by atomic mass is 15.3. The quantitative estimate of drug-likeness (QED) is 0.152. The van der Waals surface area contributed by atoms with Crippen LogP contribution in [0.2, 0.25) is 0 Å². The summed E-state index contributed by atoms with van der Waals surface area (Å²) in [6.45, 7) is 0. The maximum atomic E-state index is 5.10. The predicted molar refractivity (Wildman–Crippen MR) is 271 cm³/mol. The van der Waals surface area contributed by atoms with Crippen LogP contribution in [0.5, 0.6) is 0 Å². The number of hydrogen-bond donors (Lipinski definition) is 0. The zero-order valence-corrected chi connectivity index (χ0v) is 36.0. The van der Waals surface area contributed by atoms with Gasteiger partial charge in [-0.1, -0.05) is 158 Å². The second-order valence-electron chi connectivity index (χ2n) is 16.6. The summed E-state index contributed by atoms with van der Waals surface area (Å²) in [4.78, 5) is 15.1. The van der Waals surface area contributed by atoms with Gasteiger partial charge in [0.25, 0.3) is 0 Å². The van der Waals surface area contributed by atoms with E-state index >= 15 is 0 Å². The van der Waals surface area contributed by atoms with Gasteiger partial charge >= 0.3 is 0 Å². The van der Waals surface area contributed by atoms with Gasteiger partial charge < -0.3 is 9.13 Å². The monoisotopic (exact) mass is 858 g/mol. The molecule has 0 saturated heterocycles. The van der Waals surface area contributed by atoms with E-state index in [0.29, 0.717) is 17.5 Å². The van der Waals surface area contributed by atoms with Crippen LogP contribution in [-0.2, 0) is 0 Å². The van der Waals surface area contributed by atoms with Crippen molar-refractivity contribution in [3.63, 3.8) is 0 Å². The van der Waals surface area contributed by atoms with Crippen molar-refractivity contribution < 1.29 is 0 Å². The average molecular weight is 859 g/mol. The highest BCUT2D eigenvalue weighted by Crippen LogP contribution is 2.41. The Labute approximate surface area is 385 Å². The second kappa shape index (κ2) is 15.8. The van der Waals surface area contributed by atoms with Crippen molar-refractivity contribution >= 4 is 43.6 Å². The Morgan fingerprint density at radius 3 is 1.39 bits per heavy atom. The largest absolute Gasteiger partial charge is 0.309 e. The normalized spacial score (nSPS) is 11.6. The molecule has 0 saturated carbocycles. The lowest BCUT2D eigenvalue weighted by molar-refractivity contribution is 1.07. The van der Waals surface area contributed by atoms with Gasteiger partial charge in [0, 0.05) is 66.4 Å². The molecule has 4 aromatic heterocycles. The van der Waals surface area contributed by atoms with Gasteiger partial charge in [-0.3, -0.25) is 4.57 Å². The fourth-order valence-corrected chi connectivity index (χ4v) is 9.62. The lowest BCUT2D eigenvalue weighted by Gasteiger charge is -2.15. The molecule has 0 atom stereocenters. The molecule has 0 fully saturated rings. The molecule has 0 unspecified atom stereocenters. The minimum Gasteiger partial charge on any atom is -0.309 e. The molecule has 13 aromatic rings. The van der Waals surface area contributed by atoms with Crippen LogP contribution in [0.1, 0.15) is 0 Å². The van der Waals surface area contributed by atoms with E-state index in [2.05, 4.69) is 177 Å².